The van der Waals surface area contributed by atoms with Crippen molar-refractivity contribution in [3.8, 4) is 0 Å². The van der Waals surface area contributed by atoms with Crippen LogP contribution in [0.2, 0.25) is 0 Å². The number of likely N-dealkylation sites (tertiary alicyclic amines) is 1. The molecule has 0 spiro atoms. The first-order valence-corrected chi connectivity index (χ1v) is 10.5. The number of piperidine rings is 1. The first kappa shape index (κ1) is 19.7. The number of β-amino-alcohol motifs (C(OH)–C–C–N with tert-alkyl or cyclic N) is 1. The maximum atomic E-state index is 9.53. The van der Waals surface area contributed by atoms with Crippen LogP contribution in [-0.2, 0) is 11.8 Å². The summed E-state index contributed by atoms with van der Waals surface area (Å²) >= 11 is 0. The normalized spacial score (nSPS) is 28.6. The van der Waals surface area contributed by atoms with Gasteiger partial charge in [-0.3, -0.25) is 9.88 Å². The monoisotopic (exact) mass is 399 g/mol. The van der Waals surface area contributed by atoms with E-state index in [2.05, 4.69) is 33.4 Å². The van der Waals surface area contributed by atoms with E-state index in [9.17, 15) is 5.11 Å². The molecule has 2 heterocycles. The maximum Gasteiger partial charge on any atom is 0.0558 e. The van der Waals surface area contributed by atoms with Crippen molar-refractivity contribution in [2.24, 2.45) is 5.92 Å². The Bertz CT molecular complexity index is 815. The van der Waals surface area contributed by atoms with Gasteiger partial charge < -0.3 is 10.4 Å². The number of aromatic nitrogens is 1. The van der Waals surface area contributed by atoms with Crippen LogP contribution in [0.25, 0.3) is 0 Å². The molecule has 3 aliphatic rings. The summed E-state index contributed by atoms with van der Waals surface area (Å²) < 4.78 is 0. The van der Waals surface area contributed by atoms with Gasteiger partial charge in [0.15, 0.2) is 0 Å². The highest BCUT2D eigenvalue weighted by atomic mass is 35.5. The molecule has 5 rings (SSSR count). The molecule has 2 bridgehead atoms. The van der Waals surface area contributed by atoms with Crippen LogP contribution in [0.1, 0.15) is 43.2 Å². The molecule has 5 heteroatoms. The second kappa shape index (κ2) is 8.02. The fourth-order valence-corrected chi connectivity index (χ4v) is 6.17. The third-order valence-corrected chi connectivity index (χ3v) is 7.31. The second-order valence-electron chi connectivity index (χ2n) is 8.52. The number of fused-ring (bicyclic) bond motifs is 1. The Hall–Kier alpha value is -1.62. The first-order valence-electron chi connectivity index (χ1n) is 10.5. The topological polar surface area (TPSA) is 48.4 Å². The SMILES string of the molecule is Cl.OCCN1CC[C@]23CCCC[C@H]2[C@H]1Cc1ccc(Nc2ccncc2)cc13. The minimum Gasteiger partial charge on any atom is -0.395 e. The predicted octanol–water partition coefficient (Wildman–Crippen LogP) is 4.30. The number of halogens is 1. The van der Waals surface area contributed by atoms with E-state index in [0.717, 1.165) is 31.1 Å². The summed E-state index contributed by atoms with van der Waals surface area (Å²) in [5, 5.41) is 13.1. The fourth-order valence-electron chi connectivity index (χ4n) is 6.17. The minimum absolute atomic E-state index is 0. The summed E-state index contributed by atoms with van der Waals surface area (Å²) in [6.07, 6.45) is 11.4. The van der Waals surface area contributed by atoms with Crippen LogP contribution >= 0.6 is 12.4 Å². The Balaban J connectivity index is 0.00000192. The molecular weight excluding hydrogens is 370 g/mol. The van der Waals surface area contributed by atoms with Gasteiger partial charge in [-0.15, -0.1) is 12.4 Å². The molecule has 2 aromatic rings. The van der Waals surface area contributed by atoms with Crippen molar-refractivity contribution in [2.75, 3.05) is 25.0 Å². The highest BCUT2D eigenvalue weighted by Gasteiger charge is 2.53. The Labute approximate surface area is 173 Å². The van der Waals surface area contributed by atoms with Crippen LogP contribution in [0, 0.1) is 5.92 Å². The van der Waals surface area contributed by atoms with E-state index >= 15 is 0 Å². The van der Waals surface area contributed by atoms with E-state index in [1.54, 1.807) is 5.56 Å². The van der Waals surface area contributed by atoms with E-state index in [4.69, 9.17) is 0 Å². The predicted molar refractivity (Wildman–Crippen MR) is 116 cm³/mol. The highest BCUT2D eigenvalue weighted by Crippen LogP contribution is 2.56. The zero-order chi connectivity index (χ0) is 18.3. The molecule has 1 aromatic heterocycles. The van der Waals surface area contributed by atoms with Gasteiger partial charge in [0.05, 0.1) is 6.61 Å². The molecule has 1 aromatic carbocycles. The molecule has 2 aliphatic carbocycles. The average molecular weight is 400 g/mol. The second-order valence-corrected chi connectivity index (χ2v) is 8.52. The molecule has 0 radical (unpaired) electrons. The van der Waals surface area contributed by atoms with Gasteiger partial charge in [0.1, 0.15) is 0 Å². The van der Waals surface area contributed by atoms with Crippen LogP contribution in [0.15, 0.2) is 42.7 Å². The van der Waals surface area contributed by atoms with E-state index in [1.165, 1.54) is 43.4 Å². The summed E-state index contributed by atoms with van der Waals surface area (Å²) in [4.78, 5) is 6.68. The molecule has 1 saturated carbocycles. The van der Waals surface area contributed by atoms with E-state index in [-0.39, 0.29) is 19.0 Å². The Kier molecular flexibility index (Phi) is 5.64. The molecule has 3 atom stereocenters. The molecule has 4 nitrogen and oxygen atoms in total. The number of benzene rings is 1. The molecule has 2 N–H and O–H groups in total. The van der Waals surface area contributed by atoms with Crippen LogP contribution in [0.5, 0.6) is 0 Å². The fraction of sp³-hybridized carbons (Fsp3) is 0.522. The van der Waals surface area contributed by atoms with Gasteiger partial charge in [-0.1, -0.05) is 18.9 Å². The number of nitrogens with one attached hydrogen (secondary N) is 1. The molecule has 1 saturated heterocycles. The number of rotatable bonds is 4. The summed E-state index contributed by atoms with van der Waals surface area (Å²) in [5.41, 5.74) is 5.76. The van der Waals surface area contributed by atoms with Gasteiger partial charge in [0, 0.05) is 41.8 Å². The lowest BCUT2D eigenvalue weighted by Gasteiger charge is -2.59. The van der Waals surface area contributed by atoms with Gasteiger partial charge in [-0.05, 0) is 73.5 Å². The van der Waals surface area contributed by atoms with Crippen molar-refractivity contribution in [1.29, 1.82) is 0 Å². The molecule has 2 fully saturated rings. The maximum absolute atomic E-state index is 9.53. The van der Waals surface area contributed by atoms with Crippen LogP contribution in [0.3, 0.4) is 0 Å². The van der Waals surface area contributed by atoms with Crippen molar-refractivity contribution in [3.63, 3.8) is 0 Å². The summed E-state index contributed by atoms with van der Waals surface area (Å²) in [6.45, 7) is 2.23. The number of hydrogen-bond donors (Lipinski definition) is 2. The zero-order valence-electron chi connectivity index (χ0n) is 16.3. The van der Waals surface area contributed by atoms with Gasteiger partial charge >= 0.3 is 0 Å². The van der Waals surface area contributed by atoms with Crippen molar-refractivity contribution in [1.82, 2.24) is 9.88 Å². The third kappa shape index (κ3) is 3.22. The Morgan fingerprint density at radius 3 is 2.79 bits per heavy atom. The van der Waals surface area contributed by atoms with Crippen molar-refractivity contribution in [3.05, 3.63) is 53.9 Å². The van der Waals surface area contributed by atoms with Crippen LogP contribution in [-0.4, -0.2) is 40.7 Å². The van der Waals surface area contributed by atoms with Gasteiger partial charge in [0.25, 0.3) is 0 Å². The number of hydrogen-bond acceptors (Lipinski definition) is 4. The van der Waals surface area contributed by atoms with Crippen LogP contribution in [0.4, 0.5) is 11.4 Å². The zero-order valence-corrected chi connectivity index (χ0v) is 17.1. The van der Waals surface area contributed by atoms with Gasteiger partial charge in [-0.2, -0.15) is 0 Å². The third-order valence-electron chi connectivity index (χ3n) is 7.31. The van der Waals surface area contributed by atoms with Gasteiger partial charge in [0.2, 0.25) is 0 Å². The summed E-state index contributed by atoms with van der Waals surface area (Å²) in [5.74, 6) is 0.746. The molecule has 0 unspecified atom stereocenters. The smallest absolute Gasteiger partial charge is 0.0558 e. The quantitative estimate of drug-likeness (QED) is 0.804. The number of nitrogens with zero attached hydrogens (tertiary/aromatic N) is 2. The van der Waals surface area contributed by atoms with E-state index in [0.29, 0.717) is 11.5 Å². The first-order chi connectivity index (χ1) is 13.3. The lowest BCUT2D eigenvalue weighted by molar-refractivity contribution is -0.0175. The molecule has 28 heavy (non-hydrogen) atoms. The average Bonchev–Trinajstić information content (AvgIpc) is 2.71. The Morgan fingerprint density at radius 1 is 1.11 bits per heavy atom. The molecule has 150 valence electrons. The molecule has 0 amide bonds. The largest absolute Gasteiger partial charge is 0.395 e. The van der Waals surface area contributed by atoms with E-state index in [1.807, 2.05) is 24.5 Å². The number of aliphatic hydroxyl groups is 1. The molecular formula is C23H30ClN3O. The standard InChI is InChI=1S/C23H29N3O.ClH/c27-14-13-26-12-9-23-8-2-1-3-20(23)22(26)15-17-4-5-19(16-21(17)23)25-18-6-10-24-11-7-18;/h4-7,10-11,16,20,22,27H,1-3,8-9,12-15H2,(H,24,25);1H/t20-,22+,23+;/m0./s1. The summed E-state index contributed by atoms with van der Waals surface area (Å²) in [6, 6.07) is 11.7. The van der Waals surface area contributed by atoms with E-state index < -0.39 is 0 Å². The lowest BCUT2D eigenvalue weighted by Crippen LogP contribution is -2.61. The van der Waals surface area contributed by atoms with Crippen LogP contribution < -0.4 is 5.32 Å². The minimum atomic E-state index is 0. The number of aliphatic hydroxyl groups excluding tert-OH is 1. The molecule has 1 aliphatic heterocycles. The van der Waals surface area contributed by atoms with Crippen molar-refractivity contribution < 1.29 is 5.11 Å². The van der Waals surface area contributed by atoms with Crippen molar-refractivity contribution >= 4 is 23.8 Å². The number of pyridine rings is 1. The number of anilines is 2. The van der Waals surface area contributed by atoms with Gasteiger partial charge in [-0.25, -0.2) is 0 Å². The highest BCUT2D eigenvalue weighted by molar-refractivity contribution is 5.85. The summed E-state index contributed by atoms with van der Waals surface area (Å²) in [7, 11) is 0. The Morgan fingerprint density at radius 2 is 1.96 bits per heavy atom. The van der Waals surface area contributed by atoms with Crippen molar-refractivity contribution in [2.45, 2.75) is 50.0 Å². The lowest BCUT2D eigenvalue weighted by atomic mass is 9.52.